The van der Waals surface area contributed by atoms with Crippen molar-refractivity contribution in [2.75, 3.05) is 25.5 Å². The highest BCUT2D eigenvalue weighted by Crippen LogP contribution is 2.38. The molecule has 0 aliphatic carbocycles. The topological polar surface area (TPSA) is 64.5 Å². The molecule has 2 aliphatic rings. The predicted molar refractivity (Wildman–Crippen MR) is 86.0 cm³/mol. The molecule has 2 unspecified atom stereocenters. The molecule has 2 heterocycles. The SMILES string of the molecule is Cc1cc(F)c(N)c(C2CC(N)CCN2C2CCOCC2)c1. The van der Waals surface area contributed by atoms with Gasteiger partial charge >= 0.3 is 0 Å². The molecule has 122 valence electrons. The molecule has 4 nitrogen and oxygen atoms in total. The lowest BCUT2D eigenvalue weighted by Crippen LogP contribution is -2.48. The normalized spacial score (nSPS) is 28.0. The van der Waals surface area contributed by atoms with Crippen molar-refractivity contribution in [2.45, 2.75) is 50.7 Å². The number of hydrogen-bond donors (Lipinski definition) is 2. The van der Waals surface area contributed by atoms with E-state index >= 15 is 0 Å². The highest BCUT2D eigenvalue weighted by atomic mass is 19.1. The standard InChI is InChI=1S/C17H26FN3O/c1-11-8-14(17(20)15(18)9-11)16-10-12(19)2-5-21(16)13-3-6-22-7-4-13/h8-9,12-13,16H,2-7,10,19-20H2,1H3. The van der Waals surface area contributed by atoms with E-state index in [0.717, 1.165) is 56.6 Å². The van der Waals surface area contributed by atoms with Crippen LogP contribution in [0.1, 0.15) is 42.9 Å². The molecule has 2 saturated heterocycles. The van der Waals surface area contributed by atoms with Gasteiger partial charge in [-0.1, -0.05) is 6.07 Å². The van der Waals surface area contributed by atoms with Crippen molar-refractivity contribution in [1.82, 2.24) is 4.90 Å². The molecule has 2 aliphatic heterocycles. The third kappa shape index (κ3) is 3.12. The molecule has 0 saturated carbocycles. The molecule has 22 heavy (non-hydrogen) atoms. The first kappa shape index (κ1) is 15.7. The third-order valence-corrected chi connectivity index (χ3v) is 5.01. The molecule has 1 aromatic rings. The summed E-state index contributed by atoms with van der Waals surface area (Å²) in [4.78, 5) is 2.48. The summed E-state index contributed by atoms with van der Waals surface area (Å²) in [7, 11) is 0. The molecule has 0 bridgehead atoms. The van der Waals surface area contributed by atoms with Crippen LogP contribution in [0.3, 0.4) is 0 Å². The Balaban J connectivity index is 1.93. The van der Waals surface area contributed by atoms with Crippen LogP contribution < -0.4 is 11.5 Å². The number of anilines is 1. The van der Waals surface area contributed by atoms with Gasteiger partial charge in [0.1, 0.15) is 5.82 Å². The van der Waals surface area contributed by atoms with Crippen LogP contribution in [-0.2, 0) is 4.74 Å². The second-order valence-corrected chi connectivity index (χ2v) is 6.63. The van der Waals surface area contributed by atoms with Crippen LogP contribution in [0, 0.1) is 12.7 Å². The van der Waals surface area contributed by atoms with Gasteiger partial charge in [0.2, 0.25) is 0 Å². The van der Waals surface area contributed by atoms with Crippen LogP contribution in [0.5, 0.6) is 0 Å². The molecule has 0 spiro atoms. The van der Waals surface area contributed by atoms with Gasteiger partial charge in [-0.3, -0.25) is 4.90 Å². The van der Waals surface area contributed by atoms with Crippen LogP contribution in [0.2, 0.25) is 0 Å². The zero-order chi connectivity index (χ0) is 15.7. The fourth-order valence-corrected chi connectivity index (χ4v) is 3.83. The van der Waals surface area contributed by atoms with E-state index in [0.29, 0.717) is 6.04 Å². The van der Waals surface area contributed by atoms with Crippen molar-refractivity contribution >= 4 is 5.69 Å². The number of likely N-dealkylation sites (tertiary alicyclic amines) is 1. The summed E-state index contributed by atoms with van der Waals surface area (Å²) >= 11 is 0. The van der Waals surface area contributed by atoms with Gasteiger partial charge in [-0.25, -0.2) is 4.39 Å². The second kappa shape index (κ2) is 6.52. The molecule has 2 atom stereocenters. The number of ether oxygens (including phenoxy) is 1. The highest BCUT2D eigenvalue weighted by molar-refractivity contribution is 5.51. The van der Waals surface area contributed by atoms with E-state index in [1.807, 2.05) is 13.0 Å². The number of nitrogen functional groups attached to an aromatic ring is 1. The van der Waals surface area contributed by atoms with Gasteiger partial charge in [0.25, 0.3) is 0 Å². The van der Waals surface area contributed by atoms with Crippen LogP contribution >= 0.6 is 0 Å². The molecular weight excluding hydrogens is 281 g/mol. The Morgan fingerprint density at radius 2 is 1.95 bits per heavy atom. The first-order valence-corrected chi connectivity index (χ1v) is 8.21. The molecule has 1 aromatic carbocycles. The van der Waals surface area contributed by atoms with Crippen molar-refractivity contribution < 1.29 is 9.13 Å². The minimum atomic E-state index is -0.318. The summed E-state index contributed by atoms with van der Waals surface area (Å²) in [6.45, 7) is 4.47. The summed E-state index contributed by atoms with van der Waals surface area (Å²) < 4.78 is 19.5. The predicted octanol–water partition coefficient (Wildman–Crippen LogP) is 2.36. The lowest BCUT2D eigenvalue weighted by molar-refractivity contribution is 0.00125. The maximum atomic E-state index is 14.1. The number of rotatable bonds is 2. The average Bonchev–Trinajstić information content (AvgIpc) is 2.51. The molecule has 3 rings (SSSR count). The van der Waals surface area contributed by atoms with Gasteiger partial charge in [-0.05, 0) is 49.8 Å². The van der Waals surface area contributed by atoms with E-state index < -0.39 is 0 Å². The number of benzene rings is 1. The monoisotopic (exact) mass is 307 g/mol. The molecular formula is C17H26FN3O. The number of nitrogens with zero attached hydrogens (tertiary/aromatic N) is 1. The molecule has 5 heteroatoms. The van der Waals surface area contributed by atoms with Gasteiger partial charge in [0.15, 0.2) is 0 Å². The molecule has 2 fully saturated rings. The zero-order valence-electron chi connectivity index (χ0n) is 13.2. The molecule has 4 N–H and O–H groups in total. The zero-order valence-corrected chi connectivity index (χ0v) is 13.2. The second-order valence-electron chi connectivity index (χ2n) is 6.63. The summed E-state index contributed by atoms with van der Waals surface area (Å²) in [5.41, 5.74) is 14.3. The first-order valence-electron chi connectivity index (χ1n) is 8.21. The molecule has 0 radical (unpaired) electrons. The van der Waals surface area contributed by atoms with Crippen molar-refractivity contribution in [3.05, 3.63) is 29.1 Å². The van der Waals surface area contributed by atoms with Gasteiger partial charge in [-0.2, -0.15) is 0 Å². The summed E-state index contributed by atoms with van der Waals surface area (Å²) in [5.74, 6) is -0.318. The Labute approximate surface area is 131 Å². The molecule has 0 amide bonds. The molecule has 0 aromatic heterocycles. The van der Waals surface area contributed by atoms with Gasteiger partial charge in [0, 0.05) is 37.9 Å². The number of aryl methyl sites for hydroxylation is 1. The van der Waals surface area contributed by atoms with Crippen LogP contribution in [0.15, 0.2) is 12.1 Å². The fourth-order valence-electron chi connectivity index (χ4n) is 3.83. The van der Waals surface area contributed by atoms with Gasteiger partial charge in [0.05, 0.1) is 5.69 Å². The lowest BCUT2D eigenvalue weighted by Gasteiger charge is -2.45. The summed E-state index contributed by atoms with van der Waals surface area (Å²) in [6, 6.07) is 4.27. The fraction of sp³-hybridized carbons (Fsp3) is 0.647. The van der Waals surface area contributed by atoms with Crippen molar-refractivity contribution in [3.8, 4) is 0 Å². The number of nitrogens with two attached hydrogens (primary N) is 2. The van der Waals surface area contributed by atoms with Crippen LogP contribution in [0.4, 0.5) is 10.1 Å². The summed E-state index contributed by atoms with van der Waals surface area (Å²) in [5, 5.41) is 0. The Bertz CT molecular complexity index is 531. The van der Waals surface area contributed by atoms with E-state index in [1.54, 1.807) is 0 Å². The smallest absolute Gasteiger partial charge is 0.146 e. The van der Waals surface area contributed by atoms with E-state index in [1.165, 1.54) is 6.07 Å². The van der Waals surface area contributed by atoms with E-state index in [4.69, 9.17) is 16.2 Å². The third-order valence-electron chi connectivity index (χ3n) is 5.01. The largest absolute Gasteiger partial charge is 0.396 e. The van der Waals surface area contributed by atoms with Crippen LogP contribution in [0.25, 0.3) is 0 Å². The Kier molecular flexibility index (Phi) is 4.66. The minimum Gasteiger partial charge on any atom is -0.396 e. The Hall–Kier alpha value is -1.17. The maximum Gasteiger partial charge on any atom is 0.146 e. The van der Waals surface area contributed by atoms with Crippen LogP contribution in [-0.4, -0.2) is 36.7 Å². The van der Waals surface area contributed by atoms with Gasteiger partial charge < -0.3 is 16.2 Å². The van der Waals surface area contributed by atoms with Crippen molar-refractivity contribution in [2.24, 2.45) is 5.73 Å². The Morgan fingerprint density at radius 1 is 1.23 bits per heavy atom. The van der Waals surface area contributed by atoms with E-state index in [9.17, 15) is 4.39 Å². The highest BCUT2D eigenvalue weighted by Gasteiger charge is 2.34. The first-order chi connectivity index (χ1) is 10.6. The van der Waals surface area contributed by atoms with Gasteiger partial charge in [-0.15, -0.1) is 0 Å². The maximum absolute atomic E-state index is 14.1. The summed E-state index contributed by atoms with van der Waals surface area (Å²) in [6.07, 6.45) is 3.88. The minimum absolute atomic E-state index is 0.112. The van der Waals surface area contributed by atoms with Crippen molar-refractivity contribution in [3.63, 3.8) is 0 Å². The van der Waals surface area contributed by atoms with E-state index in [-0.39, 0.29) is 23.6 Å². The Morgan fingerprint density at radius 3 is 2.68 bits per heavy atom. The number of halogens is 1. The number of hydrogen-bond acceptors (Lipinski definition) is 4. The quantitative estimate of drug-likeness (QED) is 0.823. The van der Waals surface area contributed by atoms with E-state index in [2.05, 4.69) is 4.90 Å². The number of piperidine rings is 1. The average molecular weight is 307 g/mol. The van der Waals surface area contributed by atoms with Crippen molar-refractivity contribution in [1.29, 1.82) is 0 Å². The lowest BCUT2D eigenvalue weighted by atomic mass is 9.88.